The van der Waals surface area contributed by atoms with Gasteiger partial charge < -0.3 is 15.6 Å². The molecule has 3 N–H and O–H groups in total. The van der Waals surface area contributed by atoms with Gasteiger partial charge >= 0.3 is 0 Å². The van der Waals surface area contributed by atoms with Gasteiger partial charge in [-0.2, -0.15) is 0 Å². The van der Waals surface area contributed by atoms with Gasteiger partial charge in [-0.1, -0.05) is 42.0 Å². The standard InChI is InChI=1S/C17H21NO2/c1-12-5-3-7-14(9-12)17(19)16(11-18)13-6-4-8-15(10-13)20-2/h3-10,16-17,19H,11,18H2,1-2H3. The Labute approximate surface area is 120 Å². The average Bonchev–Trinajstić information content (AvgIpc) is 2.48. The van der Waals surface area contributed by atoms with Crippen molar-refractivity contribution in [2.45, 2.75) is 18.9 Å². The molecule has 0 bridgehead atoms. The molecular weight excluding hydrogens is 250 g/mol. The Morgan fingerprint density at radius 2 is 1.80 bits per heavy atom. The van der Waals surface area contributed by atoms with Crippen LogP contribution in [0.5, 0.6) is 5.75 Å². The number of hydrogen-bond donors (Lipinski definition) is 2. The smallest absolute Gasteiger partial charge is 0.119 e. The molecule has 0 spiro atoms. The number of rotatable bonds is 5. The van der Waals surface area contributed by atoms with Gasteiger partial charge in [0.2, 0.25) is 0 Å². The Morgan fingerprint density at radius 3 is 2.45 bits per heavy atom. The second-order valence-corrected chi connectivity index (χ2v) is 4.98. The van der Waals surface area contributed by atoms with Crippen LogP contribution in [-0.4, -0.2) is 18.8 Å². The Bertz CT molecular complexity index is 568. The van der Waals surface area contributed by atoms with Crippen molar-refractivity contribution in [3.8, 4) is 5.75 Å². The number of methoxy groups -OCH3 is 1. The summed E-state index contributed by atoms with van der Waals surface area (Å²) in [7, 11) is 1.63. The fraction of sp³-hybridized carbons (Fsp3) is 0.294. The van der Waals surface area contributed by atoms with Crippen molar-refractivity contribution < 1.29 is 9.84 Å². The largest absolute Gasteiger partial charge is 0.497 e. The first-order valence-corrected chi connectivity index (χ1v) is 6.74. The average molecular weight is 271 g/mol. The zero-order valence-corrected chi connectivity index (χ0v) is 11.9. The second kappa shape index (κ2) is 6.55. The minimum Gasteiger partial charge on any atom is -0.497 e. The van der Waals surface area contributed by atoms with E-state index in [0.717, 1.165) is 22.4 Å². The molecular formula is C17H21NO2. The van der Waals surface area contributed by atoms with Crippen molar-refractivity contribution >= 4 is 0 Å². The summed E-state index contributed by atoms with van der Waals surface area (Å²) in [6.07, 6.45) is -0.619. The lowest BCUT2D eigenvalue weighted by Gasteiger charge is -2.23. The molecule has 0 aromatic heterocycles. The predicted octanol–water partition coefficient (Wildman–Crippen LogP) is 2.78. The highest BCUT2D eigenvalue weighted by Gasteiger charge is 2.21. The van der Waals surface area contributed by atoms with Gasteiger partial charge in [-0.05, 0) is 30.2 Å². The highest BCUT2D eigenvalue weighted by molar-refractivity contribution is 5.34. The van der Waals surface area contributed by atoms with E-state index in [1.165, 1.54) is 0 Å². The van der Waals surface area contributed by atoms with E-state index < -0.39 is 6.10 Å². The Kier molecular flexibility index (Phi) is 4.77. The van der Waals surface area contributed by atoms with Crippen LogP contribution in [0.25, 0.3) is 0 Å². The molecule has 106 valence electrons. The van der Waals surface area contributed by atoms with Crippen LogP contribution in [0.2, 0.25) is 0 Å². The summed E-state index contributed by atoms with van der Waals surface area (Å²) in [6, 6.07) is 15.6. The van der Waals surface area contributed by atoms with Crippen LogP contribution in [0.15, 0.2) is 48.5 Å². The SMILES string of the molecule is COc1cccc(C(CN)C(O)c2cccc(C)c2)c1. The van der Waals surface area contributed by atoms with Crippen LogP contribution in [-0.2, 0) is 0 Å². The number of hydrogen-bond acceptors (Lipinski definition) is 3. The molecule has 2 unspecified atom stereocenters. The van der Waals surface area contributed by atoms with Crippen molar-refractivity contribution in [2.75, 3.05) is 13.7 Å². The van der Waals surface area contributed by atoms with Crippen LogP contribution in [0.1, 0.15) is 28.7 Å². The fourth-order valence-corrected chi connectivity index (χ4v) is 2.41. The normalized spacial score (nSPS) is 13.8. The van der Waals surface area contributed by atoms with Gasteiger partial charge in [0.05, 0.1) is 13.2 Å². The Morgan fingerprint density at radius 1 is 1.10 bits per heavy atom. The first-order chi connectivity index (χ1) is 9.65. The Balaban J connectivity index is 2.31. The first kappa shape index (κ1) is 14.6. The number of aryl methyl sites for hydroxylation is 1. The van der Waals surface area contributed by atoms with Crippen molar-refractivity contribution in [3.05, 3.63) is 65.2 Å². The Hall–Kier alpha value is -1.84. The molecule has 0 amide bonds. The second-order valence-electron chi connectivity index (χ2n) is 4.98. The maximum Gasteiger partial charge on any atom is 0.119 e. The minimum atomic E-state index is -0.619. The number of aliphatic hydroxyl groups is 1. The van der Waals surface area contributed by atoms with E-state index in [1.54, 1.807) is 7.11 Å². The molecule has 0 aliphatic carbocycles. The van der Waals surface area contributed by atoms with Crippen LogP contribution < -0.4 is 10.5 Å². The van der Waals surface area contributed by atoms with E-state index in [4.69, 9.17) is 10.5 Å². The zero-order chi connectivity index (χ0) is 14.5. The lowest BCUT2D eigenvalue weighted by atomic mass is 9.88. The number of aliphatic hydroxyl groups excluding tert-OH is 1. The number of benzene rings is 2. The quantitative estimate of drug-likeness (QED) is 0.879. The van der Waals surface area contributed by atoms with Crippen LogP contribution in [0, 0.1) is 6.92 Å². The van der Waals surface area contributed by atoms with Gasteiger partial charge in [0.15, 0.2) is 0 Å². The van der Waals surface area contributed by atoms with Gasteiger partial charge in [0.25, 0.3) is 0 Å². The summed E-state index contributed by atoms with van der Waals surface area (Å²) in [6.45, 7) is 2.39. The van der Waals surface area contributed by atoms with E-state index in [9.17, 15) is 5.11 Å². The summed E-state index contributed by atoms with van der Waals surface area (Å²) in [4.78, 5) is 0. The van der Waals surface area contributed by atoms with E-state index in [-0.39, 0.29) is 5.92 Å². The fourth-order valence-electron chi connectivity index (χ4n) is 2.41. The third-order valence-corrected chi connectivity index (χ3v) is 3.54. The molecule has 0 fully saturated rings. The predicted molar refractivity (Wildman–Crippen MR) is 80.9 cm³/mol. The van der Waals surface area contributed by atoms with Crippen molar-refractivity contribution in [1.82, 2.24) is 0 Å². The van der Waals surface area contributed by atoms with Crippen LogP contribution in [0.3, 0.4) is 0 Å². The maximum atomic E-state index is 10.6. The summed E-state index contributed by atoms with van der Waals surface area (Å²) < 4.78 is 5.23. The minimum absolute atomic E-state index is 0.146. The van der Waals surface area contributed by atoms with E-state index in [0.29, 0.717) is 6.54 Å². The van der Waals surface area contributed by atoms with Crippen LogP contribution >= 0.6 is 0 Å². The monoisotopic (exact) mass is 271 g/mol. The molecule has 3 heteroatoms. The highest BCUT2D eigenvalue weighted by Crippen LogP contribution is 2.32. The topological polar surface area (TPSA) is 55.5 Å². The molecule has 0 aliphatic rings. The first-order valence-electron chi connectivity index (χ1n) is 6.74. The van der Waals surface area contributed by atoms with Crippen molar-refractivity contribution in [2.24, 2.45) is 5.73 Å². The molecule has 2 aromatic carbocycles. The molecule has 2 atom stereocenters. The lowest BCUT2D eigenvalue weighted by molar-refractivity contribution is 0.147. The molecule has 0 saturated carbocycles. The van der Waals surface area contributed by atoms with Gasteiger partial charge in [0, 0.05) is 12.5 Å². The molecule has 0 heterocycles. The van der Waals surface area contributed by atoms with Crippen molar-refractivity contribution in [1.29, 1.82) is 0 Å². The van der Waals surface area contributed by atoms with E-state index in [1.807, 2.05) is 55.5 Å². The van der Waals surface area contributed by atoms with Gasteiger partial charge in [-0.3, -0.25) is 0 Å². The van der Waals surface area contributed by atoms with E-state index >= 15 is 0 Å². The molecule has 0 aliphatic heterocycles. The van der Waals surface area contributed by atoms with Crippen LogP contribution in [0.4, 0.5) is 0 Å². The summed E-state index contributed by atoms with van der Waals surface area (Å²) >= 11 is 0. The molecule has 2 rings (SSSR count). The maximum absolute atomic E-state index is 10.6. The highest BCUT2D eigenvalue weighted by atomic mass is 16.5. The van der Waals surface area contributed by atoms with Gasteiger partial charge in [-0.15, -0.1) is 0 Å². The summed E-state index contributed by atoms with van der Waals surface area (Å²) in [5.41, 5.74) is 8.88. The molecule has 20 heavy (non-hydrogen) atoms. The lowest BCUT2D eigenvalue weighted by Crippen LogP contribution is -2.20. The third kappa shape index (κ3) is 3.18. The van der Waals surface area contributed by atoms with E-state index in [2.05, 4.69) is 0 Å². The third-order valence-electron chi connectivity index (χ3n) is 3.54. The van der Waals surface area contributed by atoms with Gasteiger partial charge in [-0.25, -0.2) is 0 Å². The number of ether oxygens (including phenoxy) is 1. The van der Waals surface area contributed by atoms with Gasteiger partial charge in [0.1, 0.15) is 5.75 Å². The summed E-state index contributed by atoms with van der Waals surface area (Å²) in [5.74, 6) is 0.629. The summed E-state index contributed by atoms with van der Waals surface area (Å²) in [5, 5.41) is 10.6. The zero-order valence-electron chi connectivity index (χ0n) is 11.9. The molecule has 0 saturated heterocycles. The molecule has 3 nitrogen and oxygen atoms in total. The molecule has 2 aromatic rings. The van der Waals surface area contributed by atoms with Crippen molar-refractivity contribution in [3.63, 3.8) is 0 Å². The molecule has 0 radical (unpaired) electrons. The number of nitrogens with two attached hydrogens (primary N) is 1.